The van der Waals surface area contributed by atoms with Gasteiger partial charge in [0.05, 0.1) is 45.6 Å². The van der Waals surface area contributed by atoms with E-state index >= 15 is 0 Å². The van der Waals surface area contributed by atoms with Crippen LogP contribution in [0.25, 0.3) is 10.9 Å². The summed E-state index contributed by atoms with van der Waals surface area (Å²) in [6.07, 6.45) is 13.8. The molecule has 4 aromatic rings. The van der Waals surface area contributed by atoms with Crippen LogP contribution in [-0.4, -0.2) is 21.5 Å². The molecule has 1 aliphatic rings. The van der Waals surface area contributed by atoms with Crippen molar-refractivity contribution in [3.63, 3.8) is 0 Å². The Bertz CT molecular complexity index is 1570. The second kappa shape index (κ2) is 11.7. The minimum Gasteiger partial charge on any atom is -0.377 e. The molecule has 4 N–H and O–H groups in total. The van der Waals surface area contributed by atoms with Crippen molar-refractivity contribution in [1.29, 1.82) is 5.26 Å². The highest BCUT2D eigenvalue weighted by atomic mass is 35.5. The highest BCUT2D eigenvalue weighted by Gasteiger charge is 2.23. The smallest absolute Gasteiger partial charge is 0.122 e. The fourth-order valence-electron chi connectivity index (χ4n) is 4.62. The van der Waals surface area contributed by atoms with Crippen molar-refractivity contribution in [2.24, 2.45) is 0 Å². The zero-order chi connectivity index (χ0) is 27.2. The van der Waals surface area contributed by atoms with Gasteiger partial charge in [-0.25, -0.2) is 0 Å². The summed E-state index contributed by atoms with van der Waals surface area (Å²) >= 11 is 6.79. The molecule has 0 saturated heterocycles. The van der Waals surface area contributed by atoms with E-state index in [4.69, 9.17) is 23.3 Å². The maximum absolute atomic E-state index is 9.10. The molecule has 39 heavy (non-hydrogen) atoms. The van der Waals surface area contributed by atoms with Gasteiger partial charge < -0.3 is 16.1 Å². The number of aromatic nitrogens is 2. The third kappa shape index (κ3) is 5.58. The Labute approximate surface area is 232 Å². The Morgan fingerprint density at radius 3 is 2.64 bits per heavy atom. The molecule has 0 bridgehead atoms. The van der Waals surface area contributed by atoms with Gasteiger partial charge in [0.15, 0.2) is 0 Å². The summed E-state index contributed by atoms with van der Waals surface area (Å²) in [7, 11) is 0. The van der Waals surface area contributed by atoms with Crippen LogP contribution in [0, 0.1) is 23.7 Å². The molecule has 2 aromatic carbocycles. The summed E-state index contributed by atoms with van der Waals surface area (Å²) in [5.41, 5.74) is 12.0. The van der Waals surface area contributed by atoms with Crippen LogP contribution in [0.2, 0.25) is 5.02 Å². The Kier molecular flexibility index (Phi) is 7.79. The first-order chi connectivity index (χ1) is 19.1. The molecule has 194 valence electrons. The van der Waals surface area contributed by atoms with Crippen molar-refractivity contribution >= 4 is 33.9 Å². The summed E-state index contributed by atoms with van der Waals surface area (Å²) in [6.45, 7) is 2.32. The highest BCUT2D eigenvalue weighted by molar-refractivity contribution is 6.35. The molecular formula is C30H27ClN8. The second-order valence-corrected chi connectivity index (χ2v) is 9.44. The molecule has 0 radical (unpaired) electrons. The van der Waals surface area contributed by atoms with Gasteiger partial charge in [-0.15, -0.1) is 12.0 Å². The average Bonchev–Trinajstić information content (AvgIpc) is 3.44. The van der Waals surface area contributed by atoms with Crippen LogP contribution >= 0.6 is 11.6 Å². The third-order valence-corrected chi connectivity index (χ3v) is 6.82. The predicted molar refractivity (Wildman–Crippen MR) is 155 cm³/mol. The fraction of sp³-hybridized carbons (Fsp3) is 0.167. The molecule has 8 nitrogen and oxygen atoms in total. The molecule has 9 heteroatoms. The predicted octanol–water partition coefficient (Wildman–Crippen LogP) is 5.67. The van der Waals surface area contributed by atoms with Crippen LogP contribution in [0.15, 0.2) is 85.1 Å². The van der Waals surface area contributed by atoms with E-state index in [0.717, 1.165) is 34.4 Å². The van der Waals surface area contributed by atoms with Gasteiger partial charge in [-0.05, 0) is 35.7 Å². The Morgan fingerprint density at radius 1 is 1.10 bits per heavy atom. The van der Waals surface area contributed by atoms with E-state index in [-0.39, 0.29) is 18.6 Å². The van der Waals surface area contributed by atoms with Crippen molar-refractivity contribution in [1.82, 2.24) is 25.9 Å². The van der Waals surface area contributed by atoms with Gasteiger partial charge in [0.1, 0.15) is 6.54 Å². The standard InChI is InChI=1S/C30H27ClN8/c1-3-20-18-34-30-24(28(20)36-26(4-2)21-9-6-5-7-10-21)15-23(16-25(30)31)35-29(22-11-8-13-33-17-22)27-19-39(14-12-32)38-37-27/h1,5-11,13,15-19,26,29,35,37-38H,4,14H2,2H3,(H,34,36)/t26-,29+/m1/s1. The van der Waals surface area contributed by atoms with Gasteiger partial charge in [0.2, 0.25) is 0 Å². The van der Waals surface area contributed by atoms with Crippen LogP contribution in [-0.2, 0) is 0 Å². The zero-order valence-electron chi connectivity index (χ0n) is 21.3. The number of nitrogens with zero attached hydrogens (tertiary/aromatic N) is 4. The summed E-state index contributed by atoms with van der Waals surface area (Å²) < 4.78 is 0. The number of halogens is 1. The minimum atomic E-state index is -0.309. The third-order valence-electron chi connectivity index (χ3n) is 6.53. The van der Waals surface area contributed by atoms with Crippen molar-refractivity contribution in [2.75, 3.05) is 17.2 Å². The number of hydrogen-bond acceptors (Lipinski definition) is 8. The number of nitrogens with one attached hydrogen (secondary N) is 4. The first-order valence-corrected chi connectivity index (χ1v) is 12.9. The topological polar surface area (TPSA) is 101 Å². The van der Waals surface area contributed by atoms with Gasteiger partial charge in [0.25, 0.3) is 0 Å². The quantitative estimate of drug-likeness (QED) is 0.161. The highest BCUT2D eigenvalue weighted by Crippen LogP contribution is 2.37. The number of hydrogen-bond donors (Lipinski definition) is 4. The van der Waals surface area contributed by atoms with Crippen molar-refractivity contribution in [3.05, 3.63) is 107 Å². The minimum absolute atomic E-state index is 0.0486. The van der Waals surface area contributed by atoms with E-state index in [9.17, 15) is 0 Å². The molecule has 0 fully saturated rings. The van der Waals surface area contributed by atoms with Crippen LogP contribution in [0.3, 0.4) is 0 Å². The maximum atomic E-state index is 9.10. The fourth-order valence-corrected chi connectivity index (χ4v) is 4.89. The summed E-state index contributed by atoms with van der Waals surface area (Å²) in [4.78, 5) is 8.88. The van der Waals surface area contributed by atoms with E-state index in [1.54, 1.807) is 23.6 Å². The summed E-state index contributed by atoms with van der Waals surface area (Å²) in [6, 6.07) is 19.9. The average molecular weight is 535 g/mol. The number of rotatable bonds is 9. The van der Waals surface area contributed by atoms with Crippen LogP contribution < -0.4 is 21.6 Å². The molecule has 0 spiro atoms. The van der Waals surface area contributed by atoms with Crippen molar-refractivity contribution < 1.29 is 0 Å². The molecule has 0 saturated carbocycles. The number of hydrazine groups is 2. The number of pyridine rings is 2. The van der Waals surface area contributed by atoms with Crippen LogP contribution in [0.5, 0.6) is 0 Å². The number of nitriles is 1. The van der Waals surface area contributed by atoms with E-state index in [0.29, 0.717) is 16.1 Å². The first kappa shape index (κ1) is 25.9. The Hall–Kier alpha value is -4.76. The lowest BCUT2D eigenvalue weighted by molar-refractivity contribution is 0.300. The van der Waals surface area contributed by atoms with Gasteiger partial charge >= 0.3 is 0 Å². The normalized spacial score (nSPS) is 14.1. The van der Waals surface area contributed by atoms with Gasteiger partial charge in [-0.1, -0.05) is 60.8 Å². The molecule has 0 unspecified atom stereocenters. The van der Waals surface area contributed by atoms with E-state index in [1.165, 1.54) is 5.56 Å². The SMILES string of the molecule is C#Cc1cnc2c(Cl)cc(N[C@H](C3=CN(CC#N)NN3)c3cccnc3)cc2c1N[C@H](CC)c1ccccc1. The molecule has 0 amide bonds. The zero-order valence-corrected chi connectivity index (χ0v) is 22.1. The largest absolute Gasteiger partial charge is 0.377 e. The van der Waals surface area contributed by atoms with E-state index in [1.807, 2.05) is 48.7 Å². The lowest BCUT2D eigenvalue weighted by Crippen LogP contribution is -2.37. The maximum Gasteiger partial charge on any atom is 0.122 e. The molecule has 2 aromatic heterocycles. The molecule has 0 aliphatic carbocycles. The van der Waals surface area contributed by atoms with Crippen LogP contribution in [0.4, 0.5) is 11.4 Å². The molecule has 3 heterocycles. The van der Waals surface area contributed by atoms with Gasteiger partial charge in [0, 0.05) is 35.9 Å². The number of terminal acetylenes is 1. The summed E-state index contributed by atoms with van der Waals surface area (Å²) in [5.74, 6) is 2.78. The van der Waals surface area contributed by atoms with E-state index in [2.05, 4.69) is 62.6 Å². The van der Waals surface area contributed by atoms with Crippen LogP contribution in [0.1, 0.15) is 42.1 Å². The van der Waals surface area contributed by atoms with Crippen molar-refractivity contribution in [2.45, 2.75) is 25.4 Å². The molecule has 2 atom stereocenters. The molecular weight excluding hydrogens is 508 g/mol. The number of benzene rings is 2. The van der Waals surface area contributed by atoms with E-state index < -0.39 is 0 Å². The lowest BCUT2D eigenvalue weighted by atomic mass is 10.0. The number of anilines is 2. The second-order valence-electron chi connectivity index (χ2n) is 9.03. The first-order valence-electron chi connectivity index (χ1n) is 12.5. The Balaban J connectivity index is 1.57. The Morgan fingerprint density at radius 2 is 1.92 bits per heavy atom. The molecule has 1 aliphatic heterocycles. The number of fused-ring (bicyclic) bond motifs is 1. The summed E-state index contributed by atoms with van der Waals surface area (Å²) in [5, 5.41) is 19.3. The monoisotopic (exact) mass is 534 g/mol. The van der Waals surface area contributed by atoms with Gasteiger partial charge in [-0.2, -0.15) is 5.26 Å². The molecule has 5 rings (SSSR count). The lowest BCUT2D eigenvalue weighted by Gasteiger charge is -2.23. The van der Waals surface area contributed by atoms with Gasteiger partial charge in [-0.3, -0.25) is 15.0 Å². The van der Waals surface area contributed by atoms with Crippen molar-refractivity contribution in [3.8, 4) is 18.4 Å².